The predicted octanol–water partition coefficient (Wildman–Crippen LogP) is 1.81. The van der Waals surface area contributed by atoms with E-state index in [-0.39, 0.29) is 11.8 Å². The van der Waals surface area contributed by atoms with Crippen molar-refractivity contribution in [3.8, 4) is 11.3 Å². The molecular formula is C24H27N5O4. The molecule has 172 valence electrons. The van der Waals surface area contributed by atoms with Crippen LogP contribution in [-0.4, -0.2) is 95.7 Å². The van der Waals surface area contributed by atoms with Gasteiger partial charge in [-0.15, -0.1) is 0 Å². The minimum atomic E-state index is -0.0915. The minimum absolute atomic E-state index is 0.0915. The monoisotopic (exact) mass is 449 g/mol. The van der Waals surface area contributed by atoms with Crippen LogP contribution in [0.2, 0.25) is 0 Å². The first-order valence-corrected chi connectivity index (χ1v) is 11.3. The number of rotatable bonds is 4. The molecule has 0 saturated carbocycles. The van der Waals surface area contributed by atoms with Gasteiger partial charge in [-0.05, 0) is 13.0 Å². The normalized spacial score (nSPS) is 17.5. The number of fused-ring (bicyclic) bond motifs is 1. The van der Waals surface area contributed by atoms with Crippen molar-refractivity contribution >= 4 is 22.9 Å². The quantitative estimate of drug-likeness (QED) is 0.600. The molecule has 2 saturated heterocycles. The van der Waals surface area contributed by atoms with Gasteiger partial charge < -0.3 is 19.1 Å². The zero-order valence-corrected chi connectivity index (χ0v) is 18.7. The third-order valence-electron chi connectivity index (χ3n) is 6.30. The van der Waals surface area contributed by atoms with Crippen LogP contribution < -0.4 is 0 Å². The molecule has 2 aromatic heterocycles. The van der Waals surface area contributed by atoms with E-state index < -0.39 is 0 Å². The second kappa shape index (κ2) is 9.29. The second-order valence-corrected chi connectivity index (χ2v) is 8.43. The van der Waals surface area contributed by atoms with Crippen LogP contribution in [0.1, 0.15) is 16.1 Å². The summed E-state index contributed by atoms with van der Waals surface area (Å²) in [7, 11) is 0. The predicted molar refractivity (Wildman–Crippen MR) is 122 cm³/mol. The van der Waals surface area contributed by atoms with Crippen molar-refractivity contribution in [2.24, 2.45) is 0 Å². The Hall–Kier alpha value is -3.30. The van der Waals surface area contributed by atoms with Gasteiger partial charge in [0.1, 0.15) is 0 Å². The van der Waals surface area contributed by atoms with E-state index >= 15 is 0 Å². The summed E-state index contributed by atoms with van der Waals surface area (Å²) in [4.78, 5) is 36.6. The van der Waals surface area contributed by atoms with Crippen LogP contribution >= 0.6 is 0 Å². The lowest BCUT2D eigenvalue weighted by atomic mass is 10.0. The highest BCUT2D eigenvalue weighted by molar-refractivity contribution is 6.07. The molecule has 33 heavy (non-hydrogen) atoms. The van der Waals surface area contributed by atoms with Gasteiger partial charge in [-0.25, -0.2) is 4.98 Å². The summed E-state index contributed by atoms with van der Waals surface area (Å²) in [5.74, 6) is 0.0164. The number of benzene rings is 1. The maximum atomic E-state index is 13.5. The first-order valence-electron chi connectivity index (χ1n) is 11.3. The van der Waals surface area contributed by atoms with E-state index in [1.54, 1.807) is 4.90 Å². The van der Waals surface area contributed by atoms with Crippen LogP contribution in [0.15, 0.2) is 40.9 Å². The van der Waals surface area contributed by atoms with E-state index in [0.717, 1.165) is 18.7 Å². The zero-order valence-electron chi connectivity index (χ0n) is 18.7. The number of aryl methyl sites for hydroxylation is 1. The molecule has 2 fully saturated rings. The van der Waals surface area contributed by atoms with Gasteiger partial charge in [0.15, 0.2) is 0 Å². The van der Waals surface area contributed by atoms with Gasteiger partial charge in [-0.2, -0.15) is 0 Å². The molecule has 9 heteroatoms. The van der Waals surface area contributed by atoms with Gasteiger partial charge in [0.05, 0.1) is 42.1 Å². The highest BCUT2D eigenvalue weighted by Gasteiger charge is 2.28. The number of aromatic nitrogens is 2. The van der Waals surface area contributed by atoms with Crippen molar-refractivity contribution in [3.63, 3.8) is 0 Å². The zero-order chi connectivity index (χ0) is 22.8. The Balaban J connectivity index is 1.32. The molecule has 0 aliphatic carbocycles. The van der Waals surface area contributed by atoms with Crippen molar-refractivity contribution in [1.29, 1.82) is 0 Å². The molecule has 3 aromatic rings. The molecule has 0 unspecified atom stereocenters. The molecule has 2 aliphatic heterocycles. The van der Waals surface area contributed by atoms with Gasteiger partial charge >= 0.3 is 0 Å². The fourth-order valence-corrected chi connectivity index (χ4v) is 4.40. The first kappa shape index (κ1) is 21.5. The van der Waals surface area contributed by atoms with Crippen LogP contribution in [-0.2, 0) is 9.53 Å². The van der Waals surface area contributed by atoms with Gasteiger partial charge in [-0.3, -0.25) is 14.5 Å². The van der Waals surface area contributed by atoms with Gasteiger partial charge in [0.25, 0.3) is 11.6 Å². The summed E-state index contributed by atoms with van der Waals surface area (Å²) in [6.45, 7) is 7.15. The van der Waals surface area contributed by atoms with Gasteiger partial charge in [0.2, 0.25) is 5.91 Å². The fourth-order valence-electron chi connectivity index (χ4n) is 4.40. The van der Waals surface area contributed by atoms with Crippen LogP contribution in [0.5, 0.6) is 0 Å². The molecule has 4 heterocycles. The first-order chi connectivity index (χ1) is 16.1. The second-order valence-electron chi connectivity index (χ2n) is 8.43. The lowest BCUT2D eigenvalue weighted by Crippen LogP contribution is -2.53. The van der Waals surface area contributed by atoms with E-state index in [4.69, 9.17) is 9.26 Å². The van der Waals surface area contributed by atoms with Gasteiger partial charge in [0, 0.05) is 44.8 Å². The Morgan fingerprint density at radius 3 is 2.39 bits per heavy atom. The number of amides is 2. The highest BCUT2D eigenvalue weighted by atomic mass is 16.5. The largest absolute Gasteiger partial charge is 0.379 e. The topological polar surface area (TPSA) is 92.0 Å². The number of piperazine rings is 1. The van der Waals surface area contributed by atoms with Crippen LogP contribution in [0.3, 0.4) is 0 Å². The number of nitrogens with zero attached hydrogens (tertiary/aromatic N) is 5. The van der Waals surface area contributed by atoms with Crippen molar-refractivity contribution in [2.75, 3.05) is 59.0 Å². The molecule has 5 rings (SSSR count). The van der Waals surface area contributed by atoms with E-state index in [9.17, 15) is 9.59 Å². The summed E-state index contributed by atoms with van der Waals surface area (Å²) in [6.07, 6.45) is 0. The third kappa shape index (κ3) is 4.46. The number of hydrogen-bond donors (Lipinski definition) is 0. The molecule has 0 atom stereocenters. The average molecular weight is 450 g/mol. The van der Waals surface area contributed by atoms with Crippen molar-refractivity contribution < 1.29 is 18.8 Å². The Morgan fingerprint density at radius 1 is 0.970 bits per heavy atom. The summed E-state index contributed by atoms with van der Waals surface area (Å²) < 4.78 is 10.8. The van der Waals surface area contributed by atoms with E-state index in [0.29, 0.717) is 74.0 Å². The number of hydrogen-bond acceptors (Lipinski definition) is 7. The summed E-state index contributed by atoms with van der Waals surface area (Å²) in [5, 5.41) is 4.68. The Bertz CT molecular complexity index is 1150. The molecular weight excluding hydrogens is 422 g/mol. The Morgan fingerprint density at radius 2 is 1.67 bits per heavy atom. The summed E-state index contributed by atoms with van der Waals surface area (Å²) in [5.41, 5.74) is 3.10. The van der Waals surface area contributed by atoms with Crippen molar-refractivity contribution in [1.82, 2.24) is 24.8 Å². The van der Waals surface area contributed by atoms with E-state index in [1.165, 1.54) is 0 Å². The standard InChI is InChI=1S/C24H27N5O4/c1-17-22-19(15-20(25-23(22)33-26-17)18-5-3-2-4-6-18)24(31)29-9-7-28(8-10-29)21(30)16-27-11-13-32-14-12-27/h2-6,15H,7-14,16H2,1H3. The smallest absolute Gasteiger partial charge is 0.259 e. The molecule has 2 amide bonds. The Kier molecular flexibility index (Phi) is 6.06. The van der Waals surface area contributed by atoms with Crippen molar-refractivity contribution in [3.05, 3.63) is 47.7 Å². The summed E-state index contributed by atoms with van der Waals surface area (Å²) in [6, 6.07) is 11.5. The summed E-state index contributed by atoms with van der Waals surface area (Å²) >= 11 is 0. The van der Waals surface area contributed by atoms with E-state index in [1.807, 2.05) is 48.2 Å². The number of morpholine rings is 1. The van der Waals surface area contributed by atoms with Crippen LogP contribution in [0, 0.1) is 6.92 Å². The molecule has 1 aromatic carbocycles. The van der Waals surface area contributed by atoms with Crippen molar-refractivity contribution in [2.45, 2.75) is 6.92 Å². The molecule has 0 spiro atoms. The van der Waals surface area contributed by atoms with E-state index in [2.05, 4.69) is 15.0 Å². The third-order valence-corrected chi connectivity index (χ3v) is 6.30. The lowest BCUT2D eigenvalue weighted by Gasteiger charge is -2.36. The van der Waals surface area contributed by atoms with Crippen LogP contribution in [0.25, 0.3) is 22.4 Å². The maximum Gasteiger partial charge on any atom is 0.259 e. The SMILES string of the molecule is Cc1noc2nc(-c3ccccc3)cc(C(=O)N3CCN(C(=O)CN4CCOCC4)CC3)c12. The number of carbonyl (C=O) groups is 2. The number of ether oxygens (including phenoxy) is 1. The Labute approximate surface area is 191 Å². The molecule has 0 N–H and O–H groups in total. The number of pyridine rings is 1. The van der Waals surface area contributed by atoms with Crippen LogP contribution in [0.4, 0.5) is 0 Å². The molecule has 2 aliphatic rings. The fraction of sp³-hybridized carbons (Fsp3) is 0.417. The molecule has 0 radical (unpaired) electrons. The minimum Gasteiger partial charge on any atom is -0.379 e. The molecule has 9 nitrogen and oxygen atoms in total. The maximum absolute atomic E-state index is 13.5. The lowest BCUT2D eigenvalue weighted by molar-refractivity contribution is -0.134. The highest BCUT2D eigenvalue weighted by Crippen LogP contribution is 2.28. The number of carbonyl (C=O) groups excluding carboxylic acids is 2. The average Bonchev–Trinajstić information content (AvgIpc) is 3.25. The van der Waals surface area contributed by atoms with Gasteiger partial charge in [-0.1, -0.05) is 35.5 Å². The molecule has 0 bridgehead atoms.